The highest BCUT2D eigenvalue weighted by atomic mass is 32.1. The third kappa shape index (κ3) is 6.00. The first kappa shape index (κ1) is 28.1. The zero-order valence-corrected chi connectivity index (χ0v) is 23.9. The van der Waals surface area contributed by atoms with Crippen molar-refractivity contribution in [3.63, 3.8) is 0 Å². The zero-order valence-electron chi connectivity index (χ0n) is 23.0. The molecule has 3 aromatic heterocycles. The monoisotopic (exact) mass is 562 g/mol. The van der Waals surface area contributed by atoms with E-state index in [1.54, 1.807) is 31.8 Å². The number of thiazole rings is 1. The minimum absolute atomic E-state index is 0.118. The number of methoxy groups -OCH3 is 3. The first-order valence-electron chi connectivity index (χ1n) is 13.4. The summed E-state index contributed by atoms with van der Waals surface area (Å²) in [6, 6.07) is 13.2. The molecule has 4 heterocycles. The highest BCUT2D eigenvalue weighted by Gasteiger charge is 2.28. The highest BCUT2D eigenvalue weighted by molar-refractivity contribution is 7.14. The van der Waals surface area contributed by atoms with Gasteiger partial charge in [-0.25, -0.2) is 9.78 Å². The van der Waals surface area contributed by atoms with Gasteiger partial charge in [-0.15, -0.1) is 11.3 Å². The molecule has 210 valence electrons. The number of aromatic nitrogens is 3. The summed E-state index contributed by atoms with van der Waals surface area (Å²) in [6.45, 7) is 2.90. The van der Waals surface area contributed by atoms with Gasteiger partial charge in [0.2, 0.25) is 0 Å². The van der Waals surface area contributed by atoms with Crippen molar-refractivity contribution in [2.45, 2.75) is 38.6 Å². The first-order chi connectivity index (χ1) is 19.5. The summed E-state index contributed by atoms with van der Waals surface area (Å²) in [5.74, 6) is -0.261. The van der Waals surface area contributed by atoms with Crippen molar-refractivity contribution in [3.8, 4) is 10.7 Å². The Balaban J connectivity index is 1.35. The molecule has 0 unspecified atom stereocenters. The van der Waals surface area contributed by atoms with E-state index in [4.69, 9.17) is 14.2 Å². The second kappa shape index (κ2) is 12.8. The predicted molar refractivity (Wildman–Crippen MR) is 154 cm³/mol. The maximum atomic E-state index is 13.7. The lowest BCUT2D eigenvalue weighted by atomic mass is 9.88. The van der Waals surface area contributed by atoms with Crippen molar-refractivity contribution in [2.24, 2.45) is 5.92 Å². The molecule has 9 nitrogen and oxygen atoms in total. The van der Waals surface area contributed by atoms with Gasteiger partial charge in [-0.3, -0.25) is 14.7 Å². The molecule has 0 radical (unpaired) electrons. The molecule has 1 aromatic carbocycles. The lowest BCUT2D eigenvalue weighted by Gasteiger charge is -2.32. The molecule has 0 spiro atoms. The van der Waals surface area contributed by atoms with Crippen molar-refractivity contribution in [3.05, 3.63) is 81.2 Å². The van der Waals surface area contributed by atoms with Gasteiger partial charge < -0.3 is 18.8 Å². The third-order valence-corrected chi connectivity index (χ3v) is 8.53. The first-order valence-corrected chi connectivity index (χ1v) is 14.2. The summed E-state index contributed by atoms with van der Waals surface area (Å²) < 4.78 is 17.9. The molecule has 1 saturated heterocycles. The Kier molecular flexibility index (Phi) is 9.01. The quantitative estimate of drug-likeness (QED) is 0.208. The van der Waals surface area contributed by atoms with Crippen molar-refractivity contribution in [2.75, 3.05) is 34.4 Å². The van der Waals surface area contributed by atoms with Crippen LogP contribution in [0.2, 0.25) is 0 Å². The maximum Gasteiger partial charge on any atom is 0.355 e. The van der Waals surface area contributed by atoms with Crippen molar-refractivity contribution in [1.82, 2.24) is 19.4 Å². The van der Waals surface area contributed by atoms with Crippen LogP contribution in [0, 0.1) is 5.92 Å². The second-order valence-corrected chi connectivity index (χ2v) is 11.1. The minimum Gasteiger partial charge on any atom is -0.464 e. The van der Waals surface area contributed by atoms with E-state index >= 15 is 0 Å². The minimum atomic E-state index is -0.588. The van der Waals surface area contributed by atoms with Gasteiger partial charge in [-0.1, -0.05) is 18.2 Å². The summed E-state index contributed by atoms with van der Waals surface area (Å²) in [4.78, 5) is 39.5. The Morgan fingerprint density at radius 2 is 1.80 bits per heavy atom. The Bertz CT molecular complexity index is 1510. The van der Waals surface area contributed by atoms with Crippen LogP contribution in [0.15, 0.2) is 59.7 Å². The number of likely N-dealkylation sites (tertiary alicyclic amines) is 1. The number of para-hydroxylation sites is 1. The van der Waals surface area contributed by atoms with E-state index in [1.807, 2.05) is 53.2 Å². The summed E-state index contributed by atoms with van der Waals surface area (Å²) in [6.07, 6.45) is 5.50. The predicted octanol–water partition coefficient (Wildman–Crippen LogP) is 4.38. The number of nitrogens with zero attached hydrogens (tertiary/aromatic N) is 4. The molecule has 0 atom stereocenters. The normalized spacial score (nSPS) is 14.7. The molecule has 5 rings (SSSR count). The zero-order chi connectivity index (χ0) is 28.1. The second-order valence-electron chi connectivity index (χ2n) is 9.95. The number of hydrogen-bond donors (Lipinski definition) is 0. The SMILES string of the molecule is COC(=O)c1c(CC2CCN(Cc3cnc(-c4ccccn4)s3)CC2)c(=O)c2ccccc2n1CC(OC)OC. The van der Waals surface area contributed by atoms with Crippen LogP contribution in [0.5, 0.6) is 0 Å². The van der Waals surface area contributed by atoms with Gasteiger partial charge in [0, 0.05) is 49.0 Å². The number of fused-ring (bicyclic) bond motifs is 1. The van der Waals surface area contributed by atoms with Gasteiger partial charge in [0.1, 0.15) is 10.7 Å². The Hall–Kier alpha value is -3.44. The molecule has 0 amide bonds. The van der Waals surface area contributed by atoms with Crippen LogP contribution in [-0.2, 0) is 33.7 Å². The molecule has 10 heteroatoms. The molecular weight excluding hydrogens is 528 g/mol. The fraction of sp³-hybridized carbons (Fsp3) is 0.400. The van der Waals surface area contributed by atoms with E-state index in [1.165, 1.54) is 12.0 Å². The number of carbonyl (C=O) groups excluding carboxylic acids is 1. The highest BCUT2D eigenvalue weighted by Crippen LogP contribution is 2.28. The number of pyridine rings is 2. The number of rotatable bonds is 10. The Morgan fingerprint density at radius 3 is 2.50 bits per heavy atom. The van der Waals surface area contributed by atoms with Crippen LogP contribution in [0.3, 0.4) is 0 Å². The molecule has 0 N–H and O–H groups in total. The van der Waals surface area contributed by atoms with E-state index < -0.39 is 12.3 Å². The number of carbonyl (C=O) groups is 1. The van der Waals surface area contributed by atoms with Crippen LogP contribution in [0.4, 0.5) is 0 Å². The van der Waals surface area contributed by atoms with Crippen molar-refractivity contribution in [1.29, 1.82) is 0 Å². The van der Waals surface area contributed by atoms with Crippen LogP contribution < -0.4 is 5.43 Å². The molecule has 4 aromatic rings. The van der Waals surface area contributed by atoms with E-state index in [9.17, 15) is 9.59 Å². The molecule has 0 saturated carbocycles. The fourth-order valence-electron chi connectivity index (χ4n) is 5.40. The summed E-state index contributed by atoms with van der Waals surface area (Å²) in [5, 5.41) is 1.50. The maximum absolute atomic E-state index is 13.7. The van der Waals surface area contributed by atoms with Crippen LogP contribution in [0.1, 0.15) is 33.8 Å². The molecule has 1 fully saturated rings. The van der Waals surface area contributed by atoms with Gasteiger partial charge in [-0.05, 0) is 62.5 Å². The molecule has 0 bridgehead atoms. The van der Waals surface area contributed by atoms with E-state index in [2.05, 4.69) is 14.9 Å². The van der Waals surface area contributed by atoms with Crippen LogP contribution in [-0.4, -0.2) is 66.1 Å². The summed E-state index contributed by atoms with van der Waals surface area (Å²) in [7, 11) is 4.45. The number of piperidine rings is 1. The lowest BCUT2D eigenvalue weighted by molar-refractivity contribution is -0.110. The standard InChI is InChI=1S/C30H34N4O5S/c1-37-26(38-2)19-34-25-10-5-4-8-22(25)28(35)23(27(34)30(36)39-3)16-20-11-14-33(15-12-20)18-21-17-32-29(40-21)24-9-6-7-13-31-24/h4-10,13,17,20,26H,11-12,14-16,18-19H2,1-3H3. The van der Waals surface area contributed by atoms with Gasteiger partial charge >= 0.3 is 5.97 Å². The average molecular weight is 563 g/mol. The van der Waals surface area contributed by atoms with Crippen LogP contribution in [0.25, 0.3) is 21.6 Å². The number of esters is 1. The van der Waals surface area contributed by atoms with Crippen molar-refractivity contribution < 1.29 is 19.0 Å². The van der Waals surface area contributed by atoms with Gasteiger partial charge in [0.15, 0.2) is 11.7 Å². The lowest BCUT2D eigenvalue weighted by Crippen LogP contribution is -2.35. The number of benzene rings is 1. The summed E-state index contributed by atoms with van der Waals surface area (Å²) >= 11 is 1.67. The van der Waals surface area contributed by atoms with Gasteiger partial charge in [-0.2, -0.15) is 0 Å². The number of hydrogen-bond acceptors (Lipinski definition) is 9. The molecule has 40 heavy (non-hydrogen) atoms. The van der Waals surface area contributed by atoms with E-state index in [0.717, 1.165) is 43.2 Å². The largest absolute Gasteiger partial charge is 0.464 e. The Morgan fingerprint density at radius 1 is 1.05 bits per heavy atom. The third-order valence-electron chi connectivity index (χ3n) is 7.52. The average Bonchev–Trinajstić information content (AvgIpc) is 3.47. The number of ether oxygens (including phenoxy) is 3. The Labute approximate surface area is 237 Å². The van der Waals surface area contributed by atoms with E-state index in [-0.39, 0.29) is 23.6 Å². The molecular formula is C30H34N4O5S. The van der Waals surface area contributed by atoms with Gasteiger partial charge in [0.05, 0.1) is 24.9 Å². The summed E-state index contributed by atoms with van der Waals surface area (Å²) in [5.41, 5.74) is 2.20. The topological polar surface area (TPSA) is 95.8 Å². The van der Waals surface area contributed by atoms with Crippen molar-refractivity contribution >= 4 is 28.2 Å². The fourth-order valence-corrected chi connectivity index (χ4v) is 6.34. The molecule has 1 aliphatic rings. The van der Waals surface area contributed by atoms with E-state index in [0.29, 0.717) is 22.9 Å². The van der Waals surface area contributed by atoms with Crippen LogP contribution >= 0.6 is 11.3 Å². The smallest absolute Gasteiger partial charge is 0.355 e. The molecule has 1 aliphatic heterocycles. The molecule has 0 aliphatic carbocycles. The van der Waals surface area contributed by atoms with Gasteiger partial charge in [0.25, 0.3) is 0 Å².